The van der Waals surface area contributed by atoms with Gasteiger partial charge in [-0.2, -0.15) is 0 Å². The van der Waals surface area contributed by atoms with Gasteiger partial charge in [0, 0.05) is 13.5 Å². The summed E-state index contributed by atoms with van der Waals surface area (Å²) in [6, 6.07) is 0. The Morgan fingerprint density at radius 2 is 1.61 bits per heavy atom. The van der Waals surface area contributed by atoms with Crippen LogP contribution in [0.5, 0.6) is 0 Å². The molecule has 8 nitrogen and oxygen atoms in total. The van der Waals surface area contributed by atoms with E-state index < -0.39 is 47.7 Å². The Hall–Kier alpha value is -0.770. The van der Waals surface area contributed by atoms with Crippen molar-refractivity contribution in [3.63, 3.8) is 0 Å². The maximum atomic E-state index is 11.7. The molecule has 0 aromatic heterocycles. The van der Waals surface area contributed by atoms with Crippen LogP contribution in [0, 0.1) is 0 Å². The highest BCUT2D eigenvalue weighted by molar-refractivity contribution is 5.76. The molecule has 8 heteroatoms. The van der Waals surface area contributed by atoms with Crippen molar-refractivity contribution < 1.29 is 38.3 Å². The number of fused-ring (bicyclic) bond motifs is 1. The molecule has 0 aromatic rings. The van der Waals surface area contributed by atoms with Crippen LogP contribution in [-0.2, 0) is 33.2 Å². The monoisotopic (exact) mass is 332 g/mol. The number of carboxylic acid groups (broad SMARTS) is 1. The van der Waals surface area contributed by atoms with Gasteiger partial charge in [0.2, 0.25) is 0 Å². The second kappa shape index (κ2) is 5.37. The third-order valence-corrected chi connectivity index (χ3v) is 4.39. The number of aliphatic carboxylic acids is 1. The number of hydrogen-bond acceptors (Lipinski definition) is 7. The van der Waals surface area contributed by atoms with Gasteiger partial charge in [-0.05, 0) is 27.7 Å². The SMILES string of the molecule is CO[C@]1(C(=O)O)C[C@H]2OC(C)(C)O[C@H]2[C@@H]([C@H]2COC(C)(C)O2)O1. The molecular weight excluding hydrogens is 308 g/mol. The Kier molecular flexibility index (Phi) is 3.98. The predicted octanol–water partition coefficient (Wildman–Crippen LogP) is 0.874. The minimum atomic E-state index is -1.79. The van der Waals surface area contributed by atoms with Gasteiger partial charge in [0.1, 0.15) is 18.3 Å². The second-order valence-electron chi connectivity index (χ2n) is 7.05. The zero-order valence-electron chi connectivity index (χ0n) is 14.0. The summed E-state index contributed by atoms with van der Waals surface area (Å²) in [4.78, 5) is 11.7. The van der Waals surface area contributed by atoms with Crippen LogP contribution < -0.4 is 0 Å². The molecule has 5 atom stereocenters. The predicted molar refractivity (Wildman–Crippen MR) is 75.6 cm³/mol. The Labute approximate surface area is 134 Å². The molecule has 0 radical (unpaired) electrons. The third kappa shape index (κ3) is 2.99. The molecule has 3 aliphatic heterocycles. The summed E-state index contributed by atoms with van der Waals surface area (Å²) in [5.74, 6) is -4.57. The van der Waals surface area contributed by atoms with Crippen LogP contribution in [0.15, 0.2) is 0 Å². The number of methoxy groups -OCH3 is 1. The summed E-state index contributed by atoms with van der Waals surface area (Å²) in [6.45, 7) is 7.44. The van der Waals surface area contributed by atoms with Gasteiger partial charge < -0.3 is 33.5 Å². The Morgan fingerprint density at radius 1 is 1.00 bits per heavy atom. The fraction of sp³-hybridized carbons (Fsp3) is 0.933. The first-order chi connectivity index (χ1) is 10.6. The maximum Gasteiger partial charge on any atom is 0.364 e. The quantitative estimate of drug-likeness (QED) is 0.814. The van der Waals surface area contributed by atoms with Crippen molar-refractivity contribution >= 4 is 5.97 Å². The summed E-state index contributed by atoms with van der Waals surface area (Å²) in [5.41, 5.74) is 0. The molecule has 0 spiro atoms. The van der Waals surface area contributed by atoms with Gasteiger partial charge >= 0.3 is 5.97 Å². The van der Waals surface area contributed by atoms with E-state index in [4.69, 9.17) is 28.4 Å². The van der Waals surface area contributed by atoms with E-state index >= 15 is 0 Å². The topological polar surface area (TPSA) is 92.7 Å². The van der Waals surface area contributed by atoms with E-state index in [1.54, 1.807) is 27.7 Å². The third-order valence-electron chi connectivity index (χ3n) is 4.39. The molecule has 0 aliphatic carbocycles. The van der Waals surface area contributed by atoms with Crippen LogP contribution in [-0.4, -0.2) is 66.6 Å². The summed E-state index contributed by atoms with van der Waals surface area (Å²) in [6.07, 6.45) is -2.01. The first-order valence-electron chi connectivity index (χ1n) is 7.71. The smallest absolute Gasteiger partial charge is 0.364 e. The van der Waals surface area contributed by atoms with Crippen LogP contribution in [0.2, 0.25) is 0 Å². The van der Waals surface area contributed by atoms with Crippen LogP contribution in [0.1, 0.15) is 34.1 Å². The van der Waals surface area contributed by atoms with Crippen molar-refractivity contribution in [2.45, 2.75) is 75.9 Å². The van der Waals surface area contributed by atoms with Gasteiger partial charge in [0.25, 0.3) is 5.79 Å². The van der Waals surface area contributed by atoms with Crippen LogP contribution >= 0.6 is 0 Å². The van der Waals surface area contributed by atoms with Crippen molar-refractivity contribution in [3.8, 4) is 0 Å². The lowest BCUT2D eigenvalue weighted by atomic mass is 9.92. The number of hydrogen-bond donors (Lipinski definition) is 1. The molecule has 0 unspecified atom stereocenters. The van der Waals surface area contributed by atoms with Gasteiger partial charge in [0.05, 0.1) is 12.7 Å². The first-order valence-corrected chi connectivity index (χ1v) is 7.71. The zero-order chi connectivity index (χ0) is 17.0. The average Bonchev–Trinajstić information content (AvgIpc) is 2.94. The minimum absolute atomic E-state index is 0.0421. The van der Waals surface area contributed by atoms with Crippen molar-refractivity contribution in [1.82, 2.24) is 0 Å². The highest BCUT2D eigenvalue weighted by Gasteiger charge is 2.61. The number of carbonyl (C=O) groups is 1. The van der Waals surface area contributed by atoms with Gasteiger partial charge in [-0.25, -0.2) is 4.79 Å². The standard InChI is InChI=1S/C15H24O8/c1-13(2)19-7-9(21-13)11-10-8(20-14(3,4)22-10)6-15(18-5,23-11)12(16)17/h8-11H,6-7H2,1-5H3,(H,16,17)/t8-,9-,10-,11-,15-/m1/s1. The maximum absolute atomic E-state index is 11.7. The molecular formula is C15H24O8. The van der Waals surface area contributed by atoms with Gasteiger partial charge in [0.15, 0.2) is 11.6 Å². The van der Waals surface area contributed by atoms with E-state index in [0.29, 0.717) is 0 Å². The van der Waals surface area contributed by atoms with E-state index in [2.05, 4.69) is 0 Å². The van der Waals surface area contributed by atoms with E-state index in [9.17, 15) is 9.90 Å². The molecule has 3 rings (SSSR count). The molecule has 3 heterocycles. The van der Waals surface area contributed by atoms with Crippen molar-refractivity contribution in [2.24, 2.45) is 0 Å². The summed E-state index contributed by atoms with van der Waals surface area (Å²) < 4.78 is 34.3. The summed E-state index contributed by atoms with van der Waals surface area (Å²) >= 11 is 0. The molecule has 0 saturated carbocycles. The Balaban J connectivity index is 1.90. The van der Waals surface area contributed by atoms with Gasteiger partial charge in [-0.15, -0.1) is 0 Å². The molecule has 23 heavy (non-hydrogen) atoms. The lowest BCUT2D eigenvalue weighted by molar-refractivity contribution is -0.305. The van der Waals surface area contributed by atoms with Crippen molar-refractivity contribution in [1.29, 1.82) is 0 Å². The number of ether oxygens (including phenoxy) is 6. The van der Waals surface area contributed by atoms with E-state index in [1.165, 1.54) is 7.11 Å². The van der Waals surface area contributed by atoms with E-state index in [-0.39, 0.29) is 13.0 Å². The molecule has 0 bridgehead atoms. The molecule has 0 amide bonds. The number of rotatable bonds is 3. The van der Waals surface area contributed by atoms with Crippen molar-refractivity contribution in [3.05, 3.63) is 0 Å². The van der Waals surface area contributed by atoms with Gasteiger partial charge in [-0.1, -0.05) is 0 Å². The molecule has 3 aliphatic rings. The molecule has 3 saturated heterocycles. The van der Waals surface area contributed by atoms with Crippen LogP contribution in [0.4, 0.5) is 0 Å². The highest BCUT2D eigenvalue weighted by Crippen LogP contribution is 2.44. The van der Waals surface area contributed by atoms with Gasteiger partial charge in [-0.3, -0.25) is 0 Å². The second-order valence-corrected chi connectivity index (χ2v) is 7.05. The molecule has 0 aromatic carbocycles. The largest absolute Gasteiger partial charge is 0.477 e. The molecule has 3 fully saturated rings. The van der Waals surface area contributed by atoms with E-state index in [1.807, 2.05) is 0 Å². The fourth-order valence-corrected chi connectivity index (χ4v) is 3.42. The highest BCUT2D eigenvalue weighted by atomic mass is 16.8. The first kappa shape index (κ1) is 17.1. The average molecular weight is 332 g/mol. The molecule has 1 N–H and O–H groups in total. The van der Waals surface area contributed by atoms with Crippen molar-refractivity contribution in [2.75, 3.05) is 13.7 Å². The fourth-order valence-electron chi connectivity index (χ4n) is 3.42. The number of carboxylic acids is 1. The normalized spacial score (nSPS) is 44.9. The summed E-state index contributed by atoms with van der Waals surface area (Å²) in [5, 5.41) is 9.58. The lowest BCUT2D eigenvalue weighted by Crippen LogP contribution is -2.61. The van der Waals surface area contributed by atoms with Crippen LogP contribution in [0.3, 0.4) is 0 Å². The molecule has 132 valence electrons. The van der Waals surface area contributed by atoms with Crippen LogP contribution in [0.25, 0.3) is 0 Å². The zero-order valence-corrected chi connectivity index (χ0v) is 14.0. The van der Waals surface area contributed by atoms with E-state index in [0.717, 1.165) is 0 Å². The Bertz CT molecular complexity index is 490. The lowest BCUT2D eigenvalue weighted by Gasteiger charge is -2.43. The Morgan fingerprint density at radius 3 is 2.13 bits per heavy atom. The minimum Gasteiger partial charge on any atom is -0.477 e. The summed E-state index contributed by atoms with van der Waals surface area (Å²) in [7, 11) is 1.31.